The second kappa shape index (κ2) is 49.8. The Balaban J connectivity index is 1.19. The number of nitrogens with two attached hydrogens (primary N) is 6. The predicted molar refractivity (Wildman–Crippen MR) is 481 cm³/mol. The Morgan fingerprint density at radius 2 is 1.00 bits per heavy atom. The molecule has 0 saturated carbocycles. The summed E-state index contributed by atoms with van der Waals surface area (Å²) in [5.74, 6) is -18.3. The number of rotatable bonds is 26. The van der Waals surface area contributed by atoms with Crippen molar-refractivity contribution in [2.75, 3.05) is 71.9 Å². The van der Waals surface area contributed by atoms with Crippen LogP contribution in [-0.4, -0.2) is 314 Å². The quantitative estimate of drug-likeness (QED) is 0.0231. The number of amides is 18. The van der Waals surface area contributed by atoms with Crippen LogP contribution in [0.5, 0.6) is 5.75 Å². The first-order valence-corrected chi connectivity index (χ1v) is 45.1. The van der Waals surface area contributed by atoms with Gasteiger partial charge in [0.1, 0.15) is 90.3 Å². The number of primary amides is 3. The molecule has 18 amide bonds. The minimum absolute atomic E-state index is 0.00600. The van der Waals surface area contributed by atoms with E-state index in [1.165, 1.54) is 62.1 Å². The lowest BCUT2D eigenvalue weighted by molar-refractivity contribution is -0.149. The number of phenolic OH excluding ortho intramolecular Hbond substituents is 1. The molecule has 3 aliphatic heterocycles. The first-order chi connectivity index (χ1) is 62.4. The molecule has 3 saturated heterocycles. The summed E-state index contributed by atoms with van der Waals surface area (Å²) in [6.07, 6.45) is 0.701. The summed E-state index contributed by atoms with van der Waals surface area (Å²) >= 11 is 0.766. The molecule has 26 N–H and O–H groups in total. The second-order valence-electron chi connectivity index (χ2n) is 33.2. The van der Waals surface area contributed by atoms with Crippen molar-refractivity contribution >= 4 is 140 Å². The standard InChI is InChI=1S/C87H125N23O20S/c1-7-9-11-22-68-87(130)107(5)66(21-10-8-2)80(123)99-58(31-33-89)77(120)105-65(75(118)96-43-72(93)115)45-131-46-73(116)97-61(35-48-24-26-51(111)27-25-48)83(126)106(4)47(3)74(117)102-63(39-71(92)114)86(129)109-34-16-23-67(109)81(124)104-64(40-90)79(122)100-59(28-29-70(91)113)85(128)110-44-52(112)38-69(110)82(125)101-60(36-49-41-94-55-19-14-12-17-53(49)55)78(121)98-57(30-32-88)76(119)103-62(84(127)108(68)6)37-50-42-95-56-20-15-13-18-54(50)56/h12-15,17-20,24-27,41-42,47,52,57-69,94-95,111-112H,7-11,16,21-23,28-40,43-46,88-90H2,1-6H3,(H2,91,113)(H2,92,114)(H2,93,115)(H,96,118)(H,97,116)(H,98,121)(H,99,123)(H,100,122)(H,101,125)(H,102,117)(H,103,119)(H,104,124)(H,105,120)/t47-,52+,57-,58-,59-,60-,61-,62-,63-,64-,65-,66-,67-,68-,69-/m0/s1. The van der Waals surface area contributed by atoms with Crippen LogP contribution in [0, 0.1) is 0 Å². The molecule has 3 aliphatic rings. The number of carbonyl (C=O) groups is 18. The van der Waals surface area contributed by atoms with E-state index < -0.39 is 254 Å². The number of likely N-dealkylation sites (N-methyl/N-ethyl adjacent to an activating group) is 3. The summed E-state index contributed by atoms with van der Waals surface area (Å²) in [7, 11) is 3.94. The van der Waals surface area contributed by atoms with Gasteiger partial charge in [-0.2, -0.15) is 0 Å². The number of nitrogens with zero attached hydrogens (tertiary/aromatic N) is 5. The fourth-order valence-electron chi connectivity index (χ4n) is 16.1. The molecule has 0 aliphatic carbocycles. The first-order valence-electron chi connectivity index (χ1n) is 43.9. The number of benzene rings is 3. The van der Waals surface area contributed by atoms with Gasteiger partial charge in [0.2, 0.25) is 106 Å². The van der Waals surface area contributed by atoms with E-state index in [0.717, 1.165) is 26.5 Å². The molecule has 0 radical (unpaired) electrons. The number of nitrogens with one attached hydrogen (secondary N) is 12. The summed E-state index contributed by atoms with van der Waals surface area (Å²) in [5, 5.41) is 48.9. The van der Waals surface area contributed by atoms with Crippen LogP contribution in [0.4, 0.5) is 0 Å². The van der Waals surface area contributed by atoms with Crippen molar-refractivity contribution in [1.82, 2.24) is 87.6 Å². The van der Waals surface area contributed by atoms with Gasteiger partial charge in [-0.05, 0) is 106 Å². The molecule has 15 atom stereocenters. The molecule has 44 heteroatoms. The smallest absolute Gasteiger partial charge is 0.246 e. The zero-order chi connectivity index (χ0) is 96.0. The third-order valence-electron chi connectivity index (χ3n) is 23.5. The van der Waals surface area contributed by atoms with Crippen molar-refractivity contribution in [3.05, 3.63) is 102 Å². The van der Waals surface area contributed by atoms with Crippen LogP contribution in [-0.2, 0) is 106 Å². The Labute approximate surface area is 761 Å². The molecule has 0 unspecified atom stereocenters. The Morgan fingerprint density at radius 1 is 0.489 bits per heavy atom. The van der Waals surface area contributed by atoms with Gasteiger partial charge in [-0.25, -0.2) is 0 Å². The summed E-state index contributed by atoms with van der Waals surface area (Å²) in [4.78, 5) is 272. The van der Waals surface area contributed by atoms with Crippen LogP contribution in [0.25, 0.3) is 21.8 Å². The van der Waals surface area contributed by atoms with Crippen LogP contribution in [0.1, 0.15) is 134 Å². The number of aromatic amines is 2. The summed E-state index contributed by atoms with van der Waals surface area (Å²) in [5.41, 5.74) is 37.9. The maximum atomic E-state index is 15.8. The van der Waals surface area contributed by atoms with Crippen LogP contribution < -0.4 is 87.6 Å². The molecule has 5 heterocycles. The third kappa shape index (κ3) is 28.8. The van der Waals surface area contributed by atoms with E-state index >= 15 is 33.6 Å². The van der Waals surface area contributed by atoms with Crippen LogP contribution in [0.2, 0.25) is 0 Å². The Hall–Kier alpha value is -12.8. The zero-order valence-electron chi connectivity index (χ0n) is 74.5. The molecule has 3 aromatic carbocycles. The Morgan fingerprint density at radius 3 is 1.60 bits per heavy atom. The number of hydrogen-bond donors (Lipinski definition) is 20. The van der Waals surface area contributed by atoms with Crippen LogP contribution >= 0.6 is 11.8 Å². The average Bonchev–Trinajstić information content (AvgIpc) is 1.56. The maximum absolute atomic E-state index is 15.8. The molecule has 5 aromatic rings. The zero-order valence-corrected chi connectivity index (χ0v) is 75.3. The molecule has 714 valence electrons. The highest BCUT2D eigenvalue weighted by atomic mass is 32.2. The van der Waals surface area contributed by atoms with Gasteiger partial charge in [0.15, 0.2) is 0 Å². The number of hydrogen-bond acceptors (Lipinski definition) is 24. The monoisotopic (exact) mass is 1840 g/mol. The number of unbranched alkanes of at least 4 members (excludes halogenated alkanes) is 3. The Kier molecular flexibility index (Phi) is 39.4. The van der Waals surface area contributed by atoms with Crippen LogP contribution in [0.15, 0.2) is 85.2 Å². The van der Waals surface area contributed by atoms with Crippen molar-refractivity contribution in [1.29, 1.82) is 0 Å². The van der Waals surface area contributed by atoms with E-state index in [2.05, 4.69) is 63.1 Å². The fourth-order valence-corrected chi connectivity index (χ4v) is 17.0. The topological polar surface area (TPSA) is 672 Å². The van der Waals surface area contributed by atoms with E-state index in [1.54, 1.807) is 60.9 Å². The van der Waals surface area contributed by atoms with E-state index in [1.807, 2.05) is 13.8 Å². The second-order valence-corrected chi connectivity index (χ2v) is 34.2. The summed E-state index contributed by atoms with van der Waals surface area (Å²) in [6, 6.07) is -2.25. The maximum Gasteiger partial charge on any atom is 0.246 e. The number of aliphatic hydroxyl groups excluding tert-OH is 1. The number of aliphatic hydroxyl groups is 1. The normalized spacial score (nSPS) is 25.1. The molecule has 8 rings (SSSR count). The van der Waals surface area contributed by atoms with Crippen molar-refractivity contribution < 1.29 is 96.5 Å². The minimum Gasteiger partial charge on any atom is -0.508 e. The lowest BCUT2D eigenvalue weighted by atomic mass is 9.99. The summed E-state index contributed by atoms with van der Waals surface area (Å²) < 4.78 is 0. The third-order valence-corrected chi connectivity index (χ3v) is 24.6. The lowest BCUT2D eigenvalue weighted by Crippen LogP contribution is -2.62. The van der Waals surface area contributed by atoms with Gasteiger partial charge in [-0.1, -0.05) is 94.5 Å². The number of carbonyl (C=O) groups excluding carboxylic acids is 18. The largest absolute Gasteiger partial charge is 0.508 e. The summed E-state index contributed by atoms with van der Waals surface area (Å²) in [6.45, 7) is 2.46. The lowest BCUT2D eigenvalue weighted by Gasteiger charge is -2.36. The van der Waals surface area contributed by atoms with Crippen LogP contribution in [0.3, 0.4) is 0 Å². The van der Waals surface area contributed by atoms with Crippen molar-refractivity contribution in [2.24, 2.45) is 34.4 Å². The highest BCUT2D eigenvalue weighted by Crippen LogP contribution is 2.28. The van der Waals surface area contributed by atoms with Crippen molar-refractivity contribution in [3.63, 3.8) is 0 Å². The van der Waals surface area contributed by atoms with Gasteiger partial charge >= 0.3 is 0 Å². The highest BCUT2D eigenvalue weighted by molar-refractivity contribution is 8.00. The number of aromatic nitrogens is 2. The number of para-hydroxylation sites is 2. The minimum atomic E-state index is -1.80. The SMILES string of the molecule is CCCCC[C@H]1C(=O)N(C)[C@@H](CCCC)C(=O)N[C@@H](CCN)C(=O)N[C@H](C(=O)NCC(N)=O)CSCC(=O)N[C@@H](Cc2ccc(O)cc2)C(=O)N(C)[C@@H](C)C(=O)N[C@@H](CC(N)=O)C(=O)N2CCC[C@H]2C(=O)N[C@@H](CN)C(=O)N[C@@H](CCC(N)=O)C(=O)N2C[C@H](O)C[C@H]2C(=O)N[C@@H](Cc2c[nH]c3ccccc23)C(=O)N[C@@H](CCN)C(=O)N[C@@H](Cc2c[nH]c3ccccc23)C(=O)N1C. The number of H-pyrrole nitrogens is 2. The van der Waals surface area contributed by atoms with Gasteiger partial charge in [0.05, 0.1) is 24.8 Å². The number of aromatic hydroxyl groups is 1. The molecule has 43 nitrogen and oxygen atoms in total. The first kappa shape index (κ1) is 104. The van der Waals surface area contributed by atoms with Gasteiger partial charge in [-0.15, -0.1) is 11.8 Å². The fraction of sp³-hybridized carbons (Fsp3) is 0.540. The number of phenols is 1. The van der Waals surface area contributed by atoms with Crippen molar-refractivity contribution in [3.8, 4) is 5.75 Å². The Bertz CT molecular complexity index is 4920. The highest BCUT2D eigenvalue weighted by Gasteiger charge is 2.47. The predicted octanol–water partition coefficient (Wildman–Crippen LogP) is -4.88. The van der Waals surface area contributed by atoms with Gasteiger partial charge in [0, 0.05) is 113 Å². The van der Waals surface area contributed by atoms with Gasteiger partial charge < -0.3 is 132 Å². The number of fused-ring (bicyclic) bond motifs is 4. The number of thioether (sulfide) groups is 1. The molecular formula is C87H125N23O20S. The molecule has 2 aromatic heterocycles. The molecular weight excluding hydrogens is 1720 g/mol. The van der Waals surface area contributed by atoms with Gasteiger partial charge in [-0.3, -0.25) is 86.3 Å². The average molecular weight is 1850 g/mol. The molecule has 3 fully saturated rings. The van der Waals surface area contributed by atoms with E-state index in [9.17, 15) is 63.0 Å². The van der Waals surface area contributed by atoms with E-state index in [0.29, 0.717) is 70.6 Å². The van der Waals surface area contributed by atoms with E-state index in [-0.39, 0.29) is 83.2 Å². The molecule has 131 heavy (non-hydrogen) atoms. The molecule has 0 spiro atoms. The van der Waals surface area contributed by atoms with Gasteiger partial charge in [0.25, 0.3) is 0 Å². The molecule has 0 bridgehead atoms. The van der Waals surface area contributed by atoms with Crippen molar-refractivity contribution in [2.45, 2.75) is 227 Å². The van der Waals surface area contributed by atoms with E-state index in [4.69, 9.17) is 34.4 Å².